The molecule has 6 heteroatoms. The van der Waals surface area contributed by atoms with Gasteiger partial charge in [0.2, 0.25) is 0 Å². The van der Waals surface area contributed by atoms with Crippen molar-refractivity contribution in [3.05, 3.63) is 23.5 Å². The van der Waals surface area contributed by atoms with Gasteiger partial charge < -0.3 is 4.74 Å². The number of nitrogens with zero attached hydrogens (tertiary/aromatic N) is 2. The van der Waals surface area contributed by atoms with Crippen LogP contribution in [0.1, 0.15) is 29.4 Å². The number of carbonyl (C=O) groups is 2. The van der Waals surface area contributed by atoms with E-state index in [1.165, 1.54) is 23.6 Å². The molecule has 0 saturated heterocycles. The van der Waals surface area contributed by atoms with Crippen molar-refractivity contribution in [1.29, 1.82) is 0 Å². The number of hydrogen-bond donors (Lipinski definition) is 0. The Labute approximate surface area is 110 Å². The molecule has 0 fully saturated rings. The highest BCUT2D eigenvalue weighted by Crippen LogP contribution is 2.12. The van der Waals surface area contributed by atoms with Gasteiger partial charge in [-0.15, -0.1) is 0 Å². The van der Waals surface area contributed by atoms with Gasteiger partial charge in [0, 0.05) is 25.3 Å². The maximum absolute atomic E-state index is 11.5. The normalized spacial score (nSPS) is 10.8. The minimum Gasteiger partial charge on any atom is -0.464 e. The van der Waals surface area contributed by atoms with Crippen molar-refractivity contribution in [2.75, 3.05) is 12.9 Å². The third-order valence-corrected chi connectivity index (χ3v) is 3.08. The number of methoxy groups -OCH3 is 1. The summed E-state index contributed by atoms with van der Waals surface area (Å²) in [6, 6.07) is 0. The van der Waals surface area contributed by atoms with Gasteiger partial charge in [-0.05, 0) is 6.42 Å². The second kappa shape index (κ2) is 7.00. The molecule has 1 rings (SSSR count). The van der Waals surface area contributed by atoms with E-state index in [2.05, 4.69) is 5.10 Å². The molecule has 0 amide bonds. The van der Waals surface area contributed by atoms with Crippen molar-refractivity contribution in [3.63, 3.8) is 0 Å². The maximum Gasteiger partial charge on any atom is 0.356 e. The van der Waals surface area contributed by atoms with E-state index in [1.807, 2.05) is 12.2 Å². The summed E-state index contributed by atoms with van der Waals surface area (Å²) in [7, 11) is 3.03. The van der Waals surface area contributed by atoms with Crippen LogP contribution in [0, 0.1) is 0 Å². The van der Waals surface area contributed by atoms with E-state index in [-0.39, 0.29) is 5.12 Å². The number of aryl methyl sites for hydroxylation is 1. The van der Waals surface area contributed by atoms with Crippen LogP contribution in [-0.4, -0.2) is 33.7 Å². The maximum atomic E-state index is 11.5. The van der Waals surface area contributed by atoms with Gasteiger partial charge in [-0.2, -0.15) is 5.10 Å². The lowest BCUT2D eigenvalue weighted by Gasteiger charge is -2.00. The highest BCUT2D eigenvalue weighted by Gasteiger charge is 2.14. The van der Waals surface area contributed by atoms with Crippen LogP contribution in [0.5, 0.6) is 0 Å². The Balaban J connectivity index is 2.64. The minimum absolute atomic E-state index is 0.111. The molecule has 0 aliphatic rings. The summed E-state index contributed by atoms with van der Waals surface area (Å²) >= 11 is 1.28. The van der Waals surface area contributed by atoms with Crippen LogP contribution in [0.4, 0.5) is 0 Å². The smallest absolute Gasteiger partial charge is 0.356 e. The van der Waals surface area contributed by atoms with Crippen molar-refractivity contribution in [1.82, 2.24) is 9.78 Å². The monoisotopic (exact) mass is 268 g/mol. The third-order valence-electron chi connectivity index (χ3n) is 2.23. The first-order chi connectivity index (χ1) is 8.56. The zero-order valence-corrected chi connectivity index (χ0v) is 11.5. The van der Waals surface area contributed by atoms with E-state index in [9.17, 15) is 9.59 Å². The van der Waals surface area contributed by atoms with E-state index < -0.39 is 5.97 Å². The molecular weight excluding hydrogens is 252 g/mol. The van der Waals surface area contributed by atoms with Crippen molar-refractivity contribution in [2.24, 2.45) is 7.05 Å². The molecule has 0 unspecified atom stereocenters. The highest BCUT2D eigenvalue weighted by molar-refractivity contribution is 8.13. The average Bonchev–Trinajstić information content (AvgIpc) is 2.69. The van der Waals surface area contributed by atoms with Crippen LogP contribution in [0.2, 0.25) is 0 Å². The first kappa shape index (κ1) is 14.5. The first-order valence-electron chi connectivity index (χ1n) is 5.46. The van der Waals surface area contributed by atoms with Crippen LogP contribution in [0.3, 0.4) is 0 Å². The Morgan fingerprint density at radius 3 is 2.89 bits per heavy atom. The highest BCUT2D eigenvalue weighted by atomic mass is 32.2. The Morgan fingerprint density at radius 1 is 1.56 bits per heavy atom. The molecule has 5 nitrogen and oxygen atoms in total. The van der Waals surface area contributed by atoms with Gasteiger partial charge in [-0.25, -0.2) is 4.79 Å². The Bertz CT molecular complexity index is 466. The molecule has 0 aliphatic carbocycles. The molecule has 1 heterocycles. The molecule has 0 atom stereocenters. The van der Waals surface area contributed by atoms with Gasteiger partial charge in [-0.1, -0.05) is 23.9 Å². The summed E-state index contributed by atoms with van der Waals surface area (Å²) in [4.78, 5) is 22.3. The van der Waals surface area contributed by atoms with E-state index >= 15 is 0 Å². The predicted octanol–water partition coefficient (Wildman–Crippen LogP) is 1.89. The standard InChI is InChI=1S/C12H16N2O3S/c1-9(15)18-7-5-4-6-10-8-13-14(2)11(10)12(16)17-3/h4,6,8H,5,7H2,1-3H3. The summed E-state index contributed by atoms with van der Waals surface area (Å²) in [5.74, 6) is 0.326. The molecule has 0 spiro atoms. The quantitative estimate of drug-likeness (QED) is 0.603. The summed E-state index contributed by atoms with van der Waals surface area (Å²) in [6.45, 7) is 1.55. The van der Waals surface area contributed by atoms with Crippen molar-refractivity contribution >= 4 is 28.9 Å². The fourth-order valence-corrected chi connectivity index (χ4v) is 1.95. The topological polar surface area (TPSA) is 61.2 Å². The lowest BCUT2D eigenvalue weighted by molar-refractivity contribution is -0.109. The van der Waals surface area contributed by atoms with Gasteiger partial charge >= 0.3 is 5.97 Å². The van der Waals surface area contributed by atoms with E-state index in [0.717, 1.165) is 17.7 Å². The fourth-order valence-electron chi connectivity index (χ4n) is 1.40. The van der Waals surface area contributed by atoms with Crippen LogP contribution < -0.4 is 0 Å². The summed E-state index contributed by atoms with van der Waals surface area (Å²) < 4.78 is 6.17. The second-order valence-electron chi connectivity index (χ2n) is 3.59. The number of esters is 1. The lowest BCUT2D eigenvalue weighted by atomic mass is 10.2. The molecule has 0 saturated carbocycles. The second-order valence-corrected chi connectivity index (χ2v) is 4.87. The van der Waals surface area contributed by atoms with Gasteiger partial charge in [-0.3, -0.25) is 9.48 Å². The molecular formula is C12H16N2O3S. The summed E-state index contributed by atoms with van der Waals surface area (Å²) in [5, 5.41) is 4.13. The van der Waals surface area contributed by atoms with E-state index in [0.29, 0.717) is 5.69 Å². The molecule has 98 valence electrons. The van der Waals surface area contributed by atoms with E-state index in [4.69, 9.17) is 4.74 Å². The van der Waals surface area contributed by atoms with Crippen LogP contribution in [0.25, 0.3) is 6.08 Å². The van der Waals surface area contributed by atoms with Crippen molar-refractivity contribution in [2.45, 2.75) is 13.3 Å². The molecule has 0 N–H and O–H groups in total. The van der Waals surface area contributed by atoms with E-state index in [1.54, 1.807) is 20.2 Å². The van der Waals surface area contributed by atoms with Gasteiger partial charge in [0.1, 0.15) is 0 Å². The Hall–Kier alpha value is -1.56. The van der Waals surface area contributed by atoms with Gasteiger partial charge in [0.25, 0.3) is 0 Å². The fraction of sp³-hybridized carbons (Fsp3) is 0.417. The SMILES string of the molecule is COC(=O)c1c(C=CCCSC(C)=O)cnn1C. The average molecular weight is 268 g/mol. The third kappa shape index (κ3) is 4.03. The Morgan fingerprint density at radius 2 is 2.28 bits per heavy atom. The Kier molecular flexibility index (Phi) is 5.64. The van der Waals surface area contributed by atoms with Crippen LogP contribution >= 0.6 is 11.8 Å². The first-order valence-corrected chi connectivity index (χ1v) is 6.45. The van der Waals surface area contributed by atoms with Gasteiger partial charge in [0.05, 0.1) is 13.3 Å². The number of ether oxygens (including phenoxy) is 1. The zero-order valence-electron chi connectivity index (χ0n) is 10.7. The predicted molar refractivity (Wildman–Crippen MR) is 71.3 cm³/mol. The molecule has 18 heavy (non-hydrogen) atoms. The van der Waals surface area contributed by atoms with Crippen LogP contribution in [-0.2, 0) is 16.6 Å². The number of thioether (sulfide) groups is 1. The number of rotatable bonds is 5. The largest absolute Gasteiger partial charge is 0.464 e. The minimum atomic E-state index is -0.409. The van der Waals surface area contributed by atoms with Gasteiger partial charge in [0.15, 0.2) is 10.8 Å². The molecule has 1 aromatic rings. The number of allylic oxidation sites excluding steroid dienone is 1. The van der Waals surface area contributed by atoms with Crippen molar-refractivity contribution in [3.8, 4) is 0 Å². The molecule has 0 aromatic carbocycles. The van der Waals surface area contributed by atoms with Crippen molar-refractivity contribution < 1.29 is 14.3 Å². The summed E-state index contributed by atoms with van der Waals surface area (Å²) in [5.41, 5.74) is 1.14. The number of aromatic nitrogens is 2. The molecule has 0 aliphatic heterocycles. The summed E-state index contributed by atoms with van der Waals surface area (Å²) in [6.07, 6.45) is 6.11. The van der Waals surface area contributed by atoms with Crippen LogP contribution in [0.15, 0.2) is 12.3 Å². The molecule has 0 bridgehead atoms. The zero-order chi connectivity index (χ0) is 13.5. The molecule has 1 aromatic heterocycles. The lowest BCUT2D eigenvalue weighted by Crippen LogP contribution is -2.09. The molecule has 0 radical (unpaired) electrons. The number of carbonyl (C=O) groups excluding carboxylic acids is 2. The number of hydrogen-bond acceptors (Lipinski definition) is 5.